The van der Waals surface area contributed by atoms with Gasteiger partial charge in [-0.15, -0.1) is 0 Å². The highest BCUT2D eigenvalue weighted by atomic mass is 16.2. The van der Waals surface area contributed by atoms with Crippen LogP contribution >= 0.6 is 0 Å². The number of amides is 1. The minimum absolute atomic E-state index is 0.0648. The number of piperazine rings is 1. The number of benzene rings is 1. The average Bonchev–Trinajstić information content (AvgIpc) is 2.48. The summed E-state index contributed by atoms with van der Waals surface area (Å²) in [5.41, 5.74) is 8.22. The molecule has 4 nitrogen and oxygen atoms in total. The zero-order chi connectivity index (χ0) is 14.7. The van der Waals surface area contributed by atoms with Crippen molar-refractivity contribution in [1.29, 1.82) is 0 Å². The molecule has 20 heavy (non-hydrogen) atoms. The van der Waals surface area contributed by atoms with Crippen molar-refractivity contribution in [2.45, 2.75) is 33.2 Å². The molecule has 0 saturated carbocycles. The van der Waals surface area contributed by atoms with Crippen molar-refractivity contribution < 1.29 is 4.79 Å². The number of hydrogen-bond acceptors (Lipinski definition) is 3. The molecule has 1 aliphatic heterocycles. The van der Waals surface area contributed by atoms with Gasteiger partial charge >= 0.3 is 0 Å². The Morgan fingerprint density at radius 2 is 1.95 bits per heavy atom. The van der Waals surface area contributed by atoms with Gasteiger partial charge in [0.15, 0.2) is 0 Å². The summed E-state index contributed by atoms with van der Waals surface area (Å²) in [6, 6.07) is 6.24. The van der Waals surface area contributed by atoms with Gasteiger partial charge in [-0.05, 0) is 32.4 Å². The van der Waals surface area contributed by atoms with Gasteiger partial charge in [0.05, 0.1) is 5.56 Å². The first-order chi connectivity index (χ1) is 9.52. The summed E-state index contributed by atoms with van der Waals surface area (Å²) in [4.78, 5) is 16.9. The zero-order valence-electron chi connectivity index (χ0n) is 12.7. The molecule has 0 aliphatic carbocycles. The maximum absolute atomic E-state index is 12.5. The third-order valence-electron chi connectivity index (χ3n) is 4.25. The summed E-state index contributed by atoms with van der Waals surface area (Å²) >= 11 is 0. The SMILES string of the molecule is CCC(C)N1CCN(C(=O)c2cc(C)ccc2N)CC1. The molecule has 0 spiro atoms. The van der Waals surface area contributed by atoms with Crippen LogP contribution in [0.15, 0.2) is 18.2 Å². The standard InChI is InChI=1S/C16H25N3O/c1-4-13(3)18-7-9-19(10-8-18)16(20)14-11-12(2)5-6-15(14)17/h5-6,11,13H,4,7-10,17H2,1-3H3. The molecule has 1 aromatic rings. The van der Waals surface area contributed by atoms with Crippen molar-refractivity contribution in [3.8, 4) is 0 Å². The topological polar surface area (TPSA) is 49.6 Å². The number of nitrogen functional groups attached to an aromatic ring is 1. The summed E-state index contributed by atoms with van der Waals surface area (Å²) < 4.78 is 0. The van der Waals surface area contributed by atoms with Crippen molar-refractivity contribution >= 4 is 11.6 Å². The summed E-state index contributed by atoms with van der Waals surface area (Å²) in [6.07, 6.45) is 1.15. The van der Waals surface area contributed by atoms with Crippen LogP contribution in [0.4, 0.5) is 5.69 Å². The van der Waals surface area contributed by atoms with E-state index in [0.29, 0.717) is 17.3 Å². The van der Waals surface area contributed by atoms with Crippen molar-refractivity contribution in [1.82, 2.24) is 9.80 Å². The number of nitrogens with zero attached hydrogens (tertiary/aromatic N) is 2. The molecular weight excluding hydrogens is 250 g/mol. The third kappa shape index (κ3) is 3.12. The van der Waals surface area contributed by atoms with Crippen LogP contribution in [0.2, 0.25) is 0 Å². The van der Waals surface area contributed by atoms with Crippen LogP contribution in [0, 0.1) is 6.92 Å². The van der Waals surface area contributed by atoms with Gasteiger partial charge in [-0.25, -0.2) is 0 Å². The van der Waals surface area contributed by atoms with Gasteiger partial charge in [0, 0.05) is 37.9 Å². The predicted molar refractivity (Wildman–Crippen MR) is 82.8 cm³/mol. The van der Waals surface area contributed by atoms with E-state index in [0.717, 1.165) is 38.2 Å². The largest absolute Gasteiger partial charge is 0.398 e. The van der Waals surface area contributed by atoms with Crippen LogP contribution in [0.1, 0.15) is 36.2 Å². The Hall–Kier alpha value is -1.55. The number of carbonyl (C=O) groups excluding carboxylic acids is 1. The summed E-state index contributed by atoms with van der Waals surface area (Å²) in [6.45, 7) is 9.91. The Kier molecular flexibility index (Phi) is 4.65. The van der Waals surface area contributed by atoms with Crippen LogP contribution in [-0.4, -0.2) is 47.9 Å². The van der Waals surface area contributed by atoms with E-state index in [4.69, 9.17) is 5.73 Å². The Bertz CT molecular complexity index is 479. The predicted octanol–water partition coefficient (Wildman–Crippen LogP) is 2.13. The van der Waals surface area contributed by atoms with Gasteiger partial charge in [-0.1, -0.05) is 18.6 Å². The number of anilines is 1. The normalized spacial score (nSPS) is 18.1. The molecule has 1 atom stereocenters. The van der Waals surface area contributed by atoms with Crippen molar-refractivity contribution in [3.05, 3.63) is 29.3 Å². The van der Waals surface area contributed by atoms with Crippen molar-refractivity contribution in [2.75, 3.05) is 31.9 Å². The number of aryl methyl sites for hydroxylation is 1. The quantitative estimate of drug-likeness (QED) is 0.860. The number of nitrogens with two attached hydrogens (primary N) is 1. The van der Waals surface area contributed by atoms with Crippen LogP contribution < -0.4 is 5.73 Å². The maximum Gasteiger partial charge on any atom is 0.256 e. The molecule has 2 N–H and O–H groups in total. The molecule has 0 radical (unpaired) electrons. The summed E-state index contributed by atoms with van der Waals surface area (Å²) in [7, 11) is 0. The second-order valence-electron chi connectivity index (χ2n) is 5.68. The van der Waals surface area contributed by atoms with Crippen molar-refractivity contribution in [2.24, 2.45) is 0 Å². The Morgan fingerprint density at radius 3 is 2.55 bits per heavy atom. The molecular formula is C16H25N3O. The Balaban J connectivity index is 2.03. The molecule has 1 aromatic carbocycles. The van der Waals surface area contributed by atoms with E-state index < -0.39 is 0 Å². The molecule has 0 bridgehead atoms. The molecule has 2 rings (SSSR count). The fourth-order valence-electron chi connectivity index (χ4n) is 2.65. The van der Waals surface area contributed by atoms with E-state index in [-0.39, 0.29) is 5.91 Å². The highest BCUT2D eigenvalue weighted by Crippen LogP contribution is 2.18. The lowest BCUT2D eigenvalue weighted by Gasteiger charge is -2.38. The molecule has 1 amide bonds. The van der Waals surface area contributed by atoms with E-state index in [9.17, 15) is 4.79 Å². The lowest BCUT2D eigenvalue weighted by atomic mass is 10.1. The Labute approximate surface area is 121 Å². The monoisotopic (exact) mass is 275 g/mol. The summed E-state index contributed by atoms with van der Waals surface area (Å²) in [5, 5.41) is 0. The first-order valence-corrected chi connectivity index (χ1v) is 7.42. The fourth-order valence-corrected chi connectivity index (χ4v) is 2.65. The molecule has 1 saturated heterocycles. The molecule has 110 valence electrons. The van der Waals surface area contributed by atoms with Crippen LogP contribution in [0.3, 0.4) is 0 Å². The molecule has 1 fully saturated rings. The van der Waals surface area contributed by atoms with Gasteiger partial charge in [0.1, 0.15) is 0 Å². The minimum Gasteiger partial charge on any atom is -0.398 e. The molecule has 0 aromatic heterocycles. The summed E-state index contributed by atoms with van der Waals surface area (Å²) in [5.74, 6) is 0.0648. The van der Waals surface area contributed by atoms with Gasteiger partial charge in [0.25, 0.3) is 5.91 Å². The number of carbonyl (C=O) groups is 1. The van der Waals surface area contributed by atoms with E-state index >= 15 is 0 Å². The number of hydrogen-bond donors (Lipinski definition) is 1. The third-order valence-corrected chi connectivity index (χ3v) is 4.25. The van der Waals surface area contributed by atoms with Crippen LogP contribution in [0.5, 0.6) is 0 Å². The molecule has 4 heteroatoms. The van der Waals surface area contributed by atoms with E-state index in [2.05, 4.69) is 18.7 Å². The van der Waals surface area contributed by atoms with E-state index in [1.807, 2.05) is 30.0 Å². The molecule has 1 unspecified atom stereocenters. The van der Waals surface area contributed by atoms with Gasteiger partial charge in [-0.2, -0.15) is 0 Å². The van der Waals surface area contributed by atoms with Crippen LogP contribution in [0.25, 0.3) is 0 Å². The van der Waals surface area contributed by atoms with Gasteiger partial charge in [-0.3, -0.25) is 9.69 Å². The maximum atomic E-state index is 12.5. The van der Waals surface area contributed by atoms with Crippen molar-refractivity contribution in [3.63, 3.8) is 0 Å². The molecule has 1 aliphatic rings. The number of rotatable bonds is 3. The first-order valence-electron chi connectivity index (χ1n) is 7.42. The first kappa shape index (κ1) is 14.9. The smallest absolute Gasteiger partial charge is 0.256 e. The van der Waals surface area contributed by atoms with E-state index in [1.54, 1.807) is 0 Å². The Morgan fingerprint density at radius 1 is 1.30 bits per heavy atom. The van der Waals surface area contributed by atoms with Crippen LogP contribution in [-0.2, 0) is 0 Å². The highest BCUT2D eigenvalue weighted by Gasteiger charge is 2.25. The van der Waals surface area contributed by atoms with Gasteiger partial charge < -0.3 is 10.6 Å². The van der Waals surface area contributed by atoms with E-state index in [1.165, 1.54) is 0 Å². The molecule has 1 heterocycles. The zero-order valence-corrected chi connectivity index (χ0v) is 12.7. The van der Waals surface area contributed by atoms with Gasteiger partial charge in [0.2, 0.25) is 0 Å². The second-order valence-corrected chi connectivity index (χ2v) is 5.68. The lowest BCUT2D eigenvalue weighted by molar-refractivity contribution is 0.0580. The average molecular weight is 275 g/mol. The second kappa shape index (κ2) is 6.27. The highest BCUT2D eigenvalue weighted by molar-refractivity contribution is 5.99. The minimum atomic E-state index is 0.0648. The fraction of sp³-hybridized carbons (Fsp3) is 0.562. The lowest BCUT2D eigenvalue weighted by Crippen LogP contribution is -2.51.